The van der Waals surface area contributed by atoms with Gasteiger partial charge in [0.05, 0.1) is 9.95 Å². The van der Waals surface area contributed by atoms with E-state index in [0.717, 1.165) is 32.4 Å². The fraction of sp³-hybridized carbons (Fsp3) is 0.389. The highest BCUT2D eigenvalue weighted by atomic mass is 35.5. The first-order valence-electron chi connectivity index (χ1n) is 8.29. The number of non-ortho nitro benzene ring substituents is 1. The van der Waals surface area contributed by atoms with Crippen molar-refractivity contribution in [3.05, 3.63) is 51.2 Å². The molecule has 1 aliphatic heterocycles. The molecule has 1 saturated heterocycles. The van der Waals surface area contributed by atoms with Crippen molar-refractivity contribution in [1.29, 1.82) is 0 Å². The number of nitro groups is 1. The molecule has 0 saturated carbocycles. The Hall–Kier alpha value is -2.34. The fourth-order valence-corrected chi connectivity index (χ4v) is 3.30. The Morgan fingerprint density at radius 1 is 1.28 bits per heavy atom. The van der Waals surface area contributed by atoms with Gasteiger partial charge in [-0.05, 0) is 43.4 Å². The number of hydrogen-bond acceptors (Lipinski definition) is 4. The number of benzene rings is 1. The minimum absolute atomic E-state index is 0.0877. The van der Waals surface area contributed by atoms with Gasteiger partial charge in [0.2, 0.25) is 0 Å². The lowest BCUT2D eigenvalue weighted by atomic mass is 10.0. The zero-order valence-electron chi connectivity index (χ0n) is 13.9. The van der Waals surface area contributed by atoms with Crippen molar-refractivity contribution in [2.45, 2.75) is 26.2 Å². The van der Waals surface area contributed by atoms with E-state index in [1.807, 2.05) is 4.90 Å². The minimum Gasteiger partial charge on any atom is -0.451 e. The van der Waals surface area contributed by atoms with Crippen molar-refractivity contribution in [3.8, 4) is 11.3 Å². The number of likely N-dealkylation sites (tertiary alicyclic amines) is 1. The summed E-state index contributed by atoms with van der Waals surface area (Å²) < 4.78 is 5.69. The molecule has 1 atom stereocenters. The highest BCUT2D eigenvalue weighted by Crippen LogP contribution is 2.32. The fourth-order valence-electron chi connectivity index (χ4n) is 3.04. The van der Waals surface area contributed by atoms with E-state index in [1.54, 1.807) is 12.1 Å². The van der Waals surface area contributed by atoms with E-state index in [1.165, 1.54) is 18.2 Å². The van der Waals surface area contributed by atoms with E-state index in [2.05, 4.69) is 6.92 Å². The average molecular weight is 363 g/mol. The summed E-state index contributed by atoms with van der Waals surface area (Å²) in [5.41, 5.74) is 0.436. The van der Waals surface area contributed by atoms with Gasteiger partial charge in [-0.2, -0.15) is 0 Å². The summed E-state index contributed by atoms with van der Waals surface area (Å²) >= 11 is 6.12. The van der Waals surface area contributed by atoms with Crippen LogP contribution in [0.3, 0.4) is 0 Å². The molecule has 0 aliphatic carbocycles. The lowest BCUT2D eigenvalue weighted by Gasteiger charge is -2.18. The van der Waals surface area contributed by atoms with Crippen molar-refractivity contribution >= 4 is 23.2 Å². The predicted octanol–water partition coefficient (Wildman–Crippen LogP) is 4.77. The van der Waals surface area contributed by atoms with Crippen LogP contribution in [0.4, 0.5) is 5.69 Å². The number of nitrogens with zero attached hydrogens (tertiary/aromatic N) is 2. The second-order valence-electron chi connectivity index (χ2n) is 6.41. The molecule has 25 heavy (non-hydrogen) atoms. The Morgan fingerprint density at radius 3 is 2.80 bits per heavy atom. The molecule has 0 spiro atoms. The van der Waals surface area contributed by atoms with E-state index < -0.39 is 4.92 Å². The number of amides is 1. The van der Waals surface area contributed by atoms with Crippen LogP contribution in [0.2, 0.25) is 5.02 Å². The van der Waals surface area contributed by atoms with Crippen LogP contribution in [0.15, 0.2) is 34.7 Å². The molecule has 1 aromatic heterocycles. The standard InChI is InChI=1S/C18H19ClN2O4/c1-12-3-2-9-20(10-8-12)18(22)17-7-6-16(25-17)14-5-4-13(21(23)24)11-15(14)19/h4-7,11-12H,2-3,8-10H2,1H3/t12-/m1/s1. The number of carbonyl (C=O) groups is 1. The summed E-state index contributed by atoms with van der Waals surface area (Å²) in [6.07, 6.45) is 3.12. The molecule has 2 heterocycles. The summed E-state index contributed by atoms with van der Waals surface area (Å²) in [4.78, 5) is 24.8. The van der Waals surface area contributed by atoms with Crippen LogP contribution < -0.4 is 0 Å². The van der Waals surface area contributed by atoms with Crippen LogP contribution in [0, 0.1) is 16.0 Å². The quantitative estimate of drug-likeness (QED) is 0.582. The van der Waals surface area contributed by atoms with E-state index in [9.17, 15) is 14.9 Å². The number of rotatable bonds is 3. The summed E-state index contributed by atoms with van der Waals surface area (Å²) in [7, 11) is 0. The third-order valence-corrected chi connectivity index (χ3v) is 4.86. The van der Waals surface area contributed by atoms with Crippen molar-refractivity contribution < 1.29 is 14.1 Å². The first-order chi connectivity index (χ1) is 12.0. The predicted molar refractivity (Wildman–Crippen MR) is 94.7 cm³/mol. The molecule has 3 rings (SSSR count). The first-order valence-corrected chi connectivity index (χ1v) is 8.67. The summed E-state index contributed by atoms with van der Waals surface area (Å²) in [5, 5.41) is 11.0. The van der Waals surface area contributed by atoms with Gasteiger partial charge in [0.25, 0.3) is 11.6 Å². The number of nitro benzene ring substituents is 1. The third-order valence-electron chi connectivity index (χ3n) is 4.55. The van der Waals surface area contributed by atoms with Crippen LogP contribution >= 0.6 is 11.6 Å². The Labute approximate surface area is 150 Å². The Balaban J connectivity index is 1.80. The van der Waals surface area contributed by atoms with Crippen LogP contribution in [0.1, 0.15) is 36.7 Å². The van der Waals surface area contributed by atoms with Crippen LogP contribution in [-0.4, -0.2) is 28.8 Å². The molecular formula is C18H19ClN2O4. The van der Waals surface area contributed by atoms with Crippen LogP contribution in [-0.2, 0) is 0 Å². The molecule has 6 nitrogen and oxygen atoms in total. The molecule has 0 N–H and O–H groups in total. The number of hydrogen-bond donors (Lipinski definition) is 0. The zero-order chi connectivity index (χ0) is 18.0. The molecule has 1 fully saturated rings. The van der Waals surface area contributed by atoms with Gasteiger partial charge in [0.15, 0.2) is 5.76 Å². The molecule has 0 bridgehead atoms. The normalized spacial score (nSPS) is 18.0. The lowest BCUT2D eigenvalue weighted by Crippen LogP contribution is -2.31. The molecule has 132 valence electrons. The maximum absolute atomic E-state index is 12.6. The largest absolute Gasteiger partial charge is 0.451 e. The molecule has 0 unspecified atom stereocenters. The SMILES string of the molecule is C[C@@H]1CCCN(C(=O)c2ccc(-c3ccc([N+](=O)[O-])cc3Cl)o2)CC1. The first kappa shape index (κ1) is 17.5. The molecule has 1 aliphatic rings. The molecule has 0 radical (unpaired) electrons. The van der Waals surface area contributed by atoms with Gasteiger partial charge >= 0.3 is 0 Å². The topological polar surface area (TPSA) is 76.6 Å². The number of carbonyl (C=O) groups excluding carboxylic acids is 1. The highest BCUT2D eigenvalue weighted by molar-refractivity contribution is 6.33. The lowest BCUT2D eigenvalue weighted by molar-refractivity contribution is -0.384. The second kappa shape index (κ2) is 7.27. The van der Waals surface area contributed by atoms with Crippen molar-refractivity contribution in [1.82, 2.24) is 4.90 Å². The molecule has 7 heteroatoms. The van der Waals surface area contributed by atoms with Crippen molar-refractivity contribution in [3.63, 3.8) is 0 Å². The van der Waals surface area contributed by atoms with Gasteiger partial charge < -0.3 is 9.32 Å². The summed E-state index contributed by atoms with van der Waals surface area (Å²) in [5.74, 6) is 1.19. The Bertz CT molecular complexity index is 802. The van der Waals surface area contributed by atoms with Gasteiger partial charge in [0, 0.05) is 30.8 Å². The third kappa shape index (κ3) is 3.85. The average Bonchev–Trinajstić information content (AvgIpc) is 2.96. The van der Waals surface area contributed by atoms with Gasteiger partial charge in [-0.3, -0.25) is 14.9 Å². The van der Waals surface area contributed by atoms with Crippen molar-refractivity contribution in [2.75, 3.05) is 13.1 Å². The minimum atomic E-state index is -0.507. The maximum Gasteiger partial charge on any atom is 0.289 e. The monoisotopic (exact) mass is 362 g/mol. The molecule has 2 aromatic rings. The van der Waals surface area contributed by atoms with Gasteiger partial charge in [-0.25, -0.2) is 0 Å². The second-order valence-corrected chi connectivity index (χ2v) is 6.82. The van der Waals surface area contributed by atoms with Gasteiger partial charge in [-0.1, -0.05) is 18.5 Å². The van der Waals surface area contributed by atoms with E-state index in [0.29, 0.717) is 17.2 Å². The number of halogens is 1. The van der Waals surface area contributed by atoms with Gasteiger partial charge in [-0.15, -0.1) is 0 Å². The molecule has 1 amide bonds. The molecule has 1 aromatic carbocycles. The van der Waals surface area contributed by atoms with Gasteiger partial charge in [0.1, 0.15) is 5.76 Å². The van der Waals surface area contributed by atoms with E-state index >= 15 is 0 Å². The molecular weight excluding hydrogens is 344 g/mol. The Morgan fingerprint density at radius 2 is 2.08 bits per heavy atom. The highest BCUT2D eigenvalue weighted by Gasteiger charge is 2.23. The maximum atomic E-state index is 12.6. The summed E-state index contributed by atoms with van der Waals surface area (Å²) in [6, 6.07) is 7.46. The van der Waals surface area contributed by atoms with E-state index in [4.69, 9.17) is 16.0 Å². The summed E-state index contributed by atoms with van der Waals surface area (Å²) in [6.45, 7) is 3.67. The van der Waals surface area contributed by atoms with Crippen LogP contribution in [0.5, 0.6) is 0 Å². The van der Waals surface area contributed by atoms with E-state index in [-0.39, 0.29) is 22.4 Å². The van der Waals surface area contributed by atoms with Crippen LogP contribution in [0.25, 0.3) is 11.3 Å². The zero-order valence-corrected chi connectivity index (χ0v) is 14.7. The smallest absolute Gasteiger partial charge is 0.289 e. The van der Waals surface area contributed by atoms with Crippen molar-refractivity contribution in [2.24, 2.45) is 5.92 Å². The number of furan rings is 1. The Kier molecular flexibility index (Phi) is 5.08.